The molecule has 21 heavy (non-hydrogen) atoms. The smallest absolute Gasteiger partial charge is 0.0448 e. The number of nitrogens with one attached hydrogen (secondary N) is 1. The number of hydrogen-bond donors (Lipinski definition) is 1. The first-order valence-electron chi connectivity index (χ1n) is 7.80. The van der Waals surface area contributed by atoms with Crippen molar-refractivity contribution in [2.45, 2.75) is 24.6 Å². The van der Waals surface area contributed by atoms with E-state index in [0.29, 0.717) is 11.3 Å². The second kappa shape index (κ2) is 7.57. The SMILES string of the molecule is CCCNC(c1ccc2ccccc2c1)C1CSCCS1. The van der Waals surface area contributed by atoms with Gasteiger partial charge in [-0.05, 0) is 35.4 Å². The molecule has 112 valence electrons. The minimum atomic E-state index is 0.479. The lowest BCUT2D eigenvalue weighted by atomic mass is 10.00. The topological polar surface area (TPSA) is 12.0 Å². The minimum Gasteiger partial charge on any atom is -0.309 e. The van der Waals surface area contributed by atoms with Gasteiger partial charge in [-0.3, -0.25) is 0 Å². The molecule has 2 unspecified atom stereocenters. The highest BCUT2D eigenvalue weighted by Crippen LogP contribution is 2.34. The molecule has 2 aromatic rings. The van der Waals surface area contributed by atoms with Gasteiger partial charge in [0.05, 0.1) is 0 Å². The Labute approximate surface area is 136 Å². The molecule has 0 spiro atoms. The van der Waals surface area contributed by atoms with Crippen molar-refractivity contribution in [3.05, 3.63) is 48.0 Å². The summed E-state index contributed by atoms with van der Waals surface area (Å²) in [7, 11) is 0. The lowest BCUT2D eigenvalue weighted by molar-refractivity contribution is 0.530. The van der Waals surface area contributed by atoms with Crippen molar-refractivity contribution in [3.8, 4) is 0 Å². The first kappa shape index (κ1) is 15.3. The van der Waals surface area contributed by atoms with E-state index >= 15 is 0 Å². The van der Waals surface area contributed by atoms with Gasteiger partial charge in [0.25, 0.3) is 0 Å². The molecule has 0 bridgehead atoms. The Bertz CT molecular complexity index is 578. The number of thioether (sulfide) groups is 2. The van der Waals surface area contributed by atoms with Gasteiger partial charge in [0.15, 0.2) is 0 Å². The quantitative estimate of drug-likeness (QED) is 0.856. The van der Waals surface area contributed by atoms with Gasteiger partial charge >= 0.3 is 0 Å². The van der Waals surface area contributed by atoms with Crippen molar-refractivity contribution in [1.29, 1.82) is 0 Å². The number of hydrogen-bond acceptors (Lipinski definition) is 3. The molecule has 0 aromatic heterocycles. The maximum absolute atomic E-state index is 3.79. The van der Waals surface area contributed by atoms with E-state index in [2.05, 4.69) is 78.2 Å². The highest BCUT2D eigenvalue weighted by Gasteiger charge is 2.25. The molecule has 3 heteroatoms. The van der Waals surface area contributed by atoms with Gasteiger partial charge in [-0.15, -0.1) is 0 Å². The lowest BCUT2D eigenvalue weighted by Crippen LogP contribution is -2.34. The third-order valence-electron chi connectivity index (χ3n) is 3.96. The van der Waals surface area contributed by atoms with Gasteiger partial charge in [0, 0.05) is 28.6 Å². The Morgan fingerprint density at radius 3 is 2.76 bits per heavy atom. The first-order valence-corrected chi connectivity index (χ1v) is 10.0. The van der Waals surface area contributed by atoms with Crippen LogP contribution in [0, 0.1) is 0 Å². The molecule has 0 aliphatic carbocycles. The zero-order valence-electron chi connectivity index (χ0n) is 12.5. The van der Waals surface area contributed by atoms with Crippen LogP contribution in [0.25, 0.3) is 10.8 Å². The Hall–Kier alpha value is -0.640. The maximum atomic E-state index is 3.79. The summed E-state index contributed by atoms with van der Waals surface area (Å²) in [6.45, 7) is 3.34. The van der Waals surface area contributed by atoms with E-state index in [-0.39, 0.29) is 0 Å². The first-order chi connectivity index (χ1) is 10.4. The van der Waals surface area contributed by atoms with Gasteiger partial charge < -0.3 is 5.32 Å². The Morgan fingerprint density at radius 1 is 1.14 bits per heavy atom. The molecule has 0 radical (unpaired) electrons. The van der Waals surface area contributed by atoms with Gasteiger partial charge in [-0.25, -0.2) is 0 Å². The summed E-state index contributed by atoms with van der Waals surface area (Å²) in [6, 6.07) is 16.1. The summed E-state index contributed by atoms with van der Waals surface area (Å²) in [6.07, 6.45) is 1.19. The number of fused-ring (bicyclic) bond motifs is 1. The fourth-order valence-corrected chi connectivity index (χ4v) is 5.73. The molecule has 1 aliphatic heterocycles. The average molecular weight is 318 g/mol. The van der Waals surface area contributed by atoms with Gasteiger partial charge in [-0.2, -0.15) is 23.5 Å². The lowest BCUT2D eigenvalue weighted by Gasteiger charge is -2.31. The average Bonchev–Trinajstić information content (AvgIpc) is 2.56. The molecule has 1 fully saturated rings. The van der Waals surface area contributed by atoms with Crippen LogP contribution < -0.4 is 5.32 Å². The maximum Gasteiger partial charge on any atom is 0.0448 e. The molecule has 3 rings (SSSR count). The molecule has 2 atom stereocenters. The molecular formula is C18H23NS2. The van der Waals surface area contributed by atoms with Crippen LogP contribution in [0.2, 0.25) is 0 Å². The molecule has 1 aliphatic rings. The van der Waals surface area contributed by atoms with E-state index in [1.165, 1.54) is 40.0 Å². The Kier molecular flexibility index (Phi) is 5.50. The van der Waals surface area contributed by atoms with Crippen LogP contribution in [-0.2, 0) is 0 Å². The van der Waals surface area contributed by atoms with Gasteiger partial charge in [0.1, 0.15) is 0 Å². The Morgan fingerprint density at radius 2 is 2.00 bits per heavy atom. The fraction of sp³-hybridized carbons (Fsp3) is 0.444. The highest BCUT2D eigenvalue weighted by molar-refractivity contribution is 8.06. The van der Waals surface area contributed by atoms with E-state index in [4.69, 9.17) is 0 Å². The largest absolute Gasteiger partial charge is 0.309 e. The van der Waals surface area contributed by atoms with Crippen LogP contribution in [0.1, 0.15) is 24.9 Å². The molecule has 0 amide bonds. The fourth-order valence-electron chi connectivity index (χ4n) is 2.86. The van der Waals surface area contributed by atoms with Crippen LogP contribution in [0.3, 0.4) is 0 Å². The van der Waals surface area contributed by atoms with Crippen LogP contribution in [-0.4, -0.2) is 29.1 Å². The molecule has 0 saturated carbocycles. The molecule has 1 N–H and O–H groups in total. The third kappa shape index (κ3) is 3.77. The summed E-state index contributed by atoms with van der Waals surface area (Å²) < 4.78 is 0. The molecule has 1 nitrogen and oxygen atoms in total. The summed E-state index contributed by atoms with van der Waals surface area (Å²) >= 11 is 4.24. The molecule has 1 saturated heterocycles. The molecule has 1 heterocycles. The van der Waals surface area contributed by atoms with E-state index in [1.807, 2.05) is 0 Å². The van der Waals surface area contributed by atoms with Gasteiger partial charge in [-0.1, -0.05) is 43.3 Å². The summed E-state index contributed by atoms with van der Waals surface area (Å²) in [5.41, 5.74) is 1.45. The van der Waals surface area contributed by atoms with Crippen molar-refractivity contribution in [3.63, 3.8) is 0 Å². The van der Waals surface area contributed by atoms with E-state index in [0.717, 1.165) is 6.54 Å². The summed E-state index contributed by atoms with van der Waals surface area (Å²) in [4.78, 5) is 0. The second-order valence-corrected chi connectivity index (χ2v) is 8.02. The van der Waals surface area contributed by atoms with Crippen LogP contribution in [0.5, 0.6) is 0 Å². The van der Waals surface area contributed by atoms with Crippen LogP contribution in [0.15, 0.2) is 42.5 Å². The van der Waals surface area contributed by atoms with Crippen molar-refractivity contribution in [2.75, 3.05) is 23.8 Å². The zero-order chi connectivity index (χ0) is 14.5. The second-order valence-electron chi connectivity index (χ2n) is 5.52. The van der Waals surface area contributed by atoms with Crippen LogP contribution >= 0.6 is 23.5 Å². The molecular weight excluding hydrogens is 294 g/mol. The van der Waals surface area contributed by atoms with E-state index in [1.54, 1.807) is 0 Å². The highest BCUT2D eigenvalue weighted by atomic mass is 32.2. The third-order valence-corrected chi connectivity index (χ3v) is 6.82. The molecule has 2 aromatic carbocycles. The predicted octanol–water partition coefficient (Wildman–Crippen LogP) is 4.73. The number of benzene rings is 2. The number of rotatable bonds is 5. The van der Waals surface area contributed by atoms with Crippen molar-refractivity contribution in [2.24, 2.45) is 0 Å². The van der Waals surface area contributed by atoms with Crippen molar-refractivity contribution < 1.29 is 0 Å². The van der Waals surface area contributed by atoms with E-state index in [9.17, 15) is 0 Å². The van der Waals surface area contributed by atoms with Gasteiger partial charge in [0.2, 0.25) is 0 Å². The zero-order valence-corrected chi connectivity index (χ0v) is 14.2. The monoisotopic (exact) mass is 317 g/mol. The van der Waals surface area contributed by atoms with E-state index < -0.39 is 0 Å². The van der Waals surface area contributed by atoms with Crippen molar-refractivity contribution >= 4 is 34.3 Å². The normalized spacial score (nSPS) is 20.5. The standard InChI is InChI=1S/C18H23NS2/c1-2-9-19-18(17-13-20-10-11-21-17)16-8-7-14-5-3-4-6-15(14)12-16/h3-8,12,17-19H,2,9-11,13H2,1H3. The predicted molar refractivity (Wildman–Crippen MR) is 98.6 cm³/mol. The van der Waals surface area contributed by atoms with Crippen molar-refractivity contribution in [1.82, 2.24) is 5.32 Å². The summed E-state index contributed by atoms with van der Waals surface area (Å²) in [5, 5.41) is 7.17. The Balaban J connectivity index is 1.88. The van der Waals surface area contributed by atoms with Crippen LogP contribution in [0.4, 0.5) is 0 Å². The summed E-state index contributed by atoms with van der Waals surface area (Å²) in [5.74, 6) is 3.85. The minimum absolute atomic E-state index is 0.479.